The van der Waals surface area contributed by atoms with Gasteiger partial charge in [-0.15, -0.1) is 0 Å². The molecule has 0 unspecified atom stereocenters. The fraction of sp³-hybridized carbons (Fsp3) is 0.318. The summed E-state index contributed by atoms with van der Waals surface area (Å²) >= 11 is 0. The zero-order valence-electron chi connectivity index (χ0n) is 16.9. The van der Waals surface area contributed by atoms with Gasteiger partial charge in [-0.3, -0.25) is 4.79 Å². The highest BCUT2D eigenvalue weighted by Crippen LogP contribution is 2.39. The van der Waals surface area contributed by atoms with Gasteiger partial charge in [0.15, 0.2) is 17.3 Å². The summed E-state index contributed by atoms with van der Waals surface area (Å²) in [4.78, 5) is 13.3. The summed E-state index contributed by atoms with van der Waals surface area (Å²) < 4.78 is 22.4. The van der Waals surface area contributed by atoms with E-state index in [1.165, 1.54) is 31.4 Å². The molecule has 1 aliphatic rings. The third-order valence-electron chi connectivity index (χ3n) is 5.28. The molecule has 0 amide bonds. The van der Waals surface area contributed by atoms with Crippen LogP contribution in [-0.2, 0) is 4.74 Å². The van der Waals surface area contributed by atoms with Crippen LogP contribution >= 0.6 is 0 Å². The molecule has 1 fully saturated rings. The predicted molar refractivity (Wildman–Crippen MR) is 110 cm³/mol. The molecule has 3 aromatic rings. The van der Waals surface area contributed by atoms with E-state index in [1.54, 1.807) is 0 Å². The van der Waals surface area contributed by atoms with E-state index in [4.69, 9.17) is 18.6 Å². The summed E-state index contributed by atoms with van der Waals surface area (Å²) in [6.45, 7) is 1.89. The van der Waals surface area contributed by atoms with E-state index in [0.29, 0.717) is 12.0 Å². The summed E-state index contributed by atoms with van der Waals surface area (Å²) in [7, 11) is 1.38. The number of phenolic OH excluding ortho intramolecular Hbond substituents is 3. The number of ether oxygens (including phenoxy) is 3. The van der Waals surface area contributed by atoms with Crippen LogP contribution < -0.4 is 14.9 Å². The van der Waals surface area contributed by atoms with Crippen LogP contribution in [0.4, 0.5) is 0 Å². The van der Waals surface area contributed by atoms with Gasteiger partial charge in [-0.2, -0.15) is 0 Å². The van der Waals surface area contributed by atoms with Crippen molar-refractivity contribution in [2.45, 2.75) is 25.7 Å². The fourth-order valence-corrected chi connectivity index (χ4v) is 3.50. The Kier molecular flexibility index (Phi) is 5.38. The monoisotopic (exact) mass is 430 g/mol. The van der Waals surface area contributed by atoms with Crippen LogP contribution in [0.2, 0.25) is 0 Å². The maximum Gasteiger partial charge on any atom is 0.239 e. The Balaban J connectivity index is 1.90. The fourth-order valence-electron chi connectivity index (χ4n) is 3.50. The van der Waals surface area contributed by atoms with E-state index in [2.05, 4.69) is 0 Å². The van der Waals surface area contributed by atoms with E-state index in [1.807, 2.05) is 6.92 Å². The molecule has 1 aliphatic heterocycles. The molecule has 0 bridgehead atoms. The van der Waals surface area contributed by atoms with Gasteiger partial charge in [-0.1, -0.05) is 6.92 Å². The van der Waals surface area contributed by atoms with Gasteiger partial charge in [0, 0.05) is 24.1 Å². The minimum atomic E-state index is -0.823. The van der Waals surface area contributed by atoms with Crippen LogP contribution in [0.15, 0.2) is 39.5 Å². The van der Waals surface area contributed by atoms with Crippen LogP contribution in [0.5, 0.6) is 28.7 Å². The number of hydrogen-bond donors (Lipinski definition) is 4. The number of phenols is 3. The number of fused-ring (bicyclic) bond motifs is 1. The molecule has 164 valence electrons. The Morgan fingerprint density at radius 3 is 2.58 bits per heavy atom. The molecule has 3 atom stereocenters. The number of aromatic hydroxyl groups is 3. The largest absolute Gasteiger partial charge is 0.508 e. The second kappa shape index (κ2) is 8.01. The van der Waals surface area contributed by atoms with E-state index in [9.17, 15) is 25.2 Å². The lowest BCUT2D eigenvalue weighted by molar-refractivity contribution is -0.161. The first-order chi connectivity index (χ1) is 14.8. The van der Waals surface area contributed by atoms with Gasteiger partial charge in [0.25, 0.3) is 0 Å². The van der Waals surface area contributed by atoms with Crippen molar-refractivity contribution in [2.24, 2.45) is 5.92 Å². The SMILES string of the molecule is COc1cc(-c2oc3cc(O)cc(O)c3c(=O)c2O[C@H]2C[C@H](C)[C@H](O)CO2)ccc1O. The summed E-state index contributed by atoms with van der Waals surface area (Å²) in [5.41, 5.74) is -0.358. The first-order valence-electron chi connectivity index (χ1n) is 9.65. The molecule has 2 aromatic carbocycles. The van der Waals surface area contributed by atoms with E-state index >= 15 is 0 Å². The van der Waals surface area contributed by atoms with Crippen LogP contribution in [-0.4, -0.2) is 46.5 Å². The molecule has 9 nitrogen and oxygen atoms in total. The highest BCUT2D eigenvalue weighted by atomic mass is 16.7. The molecule has 2 heterocycles. The number of aliphatic hydroxyl groups is 1. The second-order valence-electron chi connectivity index (χ2n) is 7.48. The van der Waals surface area contributed by atoms with Gasteiger partial charge in [0.1, 0.15) is 22.5 Å². The molecule has 4 N–H and O–H groups in total. The lowest BCUT2D eigenvalue weighted by atomic mass is 9.99. The van der Waals surface area contributed by atoms with Crippen LogP contribution in [0, 0.1) is 5.92 Å². The number of aliphatic hydroxyl groups excluding tert-OH is 1. The van der Waals surface area contributed by atoms with Gasteiger partial charge in [0.2, 0.25) is 17.5 Å². The van der Waals surface area contributed by atoms with Gasteiger partial charge in [-0.25, -0.2) is 0 Å². The highest BCUT2D eigenvalue weighted by molar-refractivity contribution is 5.88. The number of methoxy groups -OCH3 is 1. The lowest BCUT2D eigenvalue weighted by Crippen LogP contribution is -2.39. The van der Waals surface area contributed by atoms with Gasteiger partial charge < -0.3 is 39.1 Å². The van der Waals surface area contributed by atoms with Gasteiger partial charge in [0.05, 0.1) is 19.8 Å². The Morgan fingerprint density at radius 1 is 1.10 bits per heavy atom. The molecular formula is C22H22O9. The molecule has 0 saturated carbocycles. The van der Waals surface area contributed by atoms with E-state index in [-0.39, 0.29) is 52.3 Å². The Labute approximate surface area is 176 Å². The maximum atomic E-state index is 13.3. The number of rotatable bonds is 4. The van der Waals surface area contributed by atoms with E-state index in [0.717, 1.165) is 6.07 Å². The van der Waals surface area contributed by atoms with Crippen molar-refractivity contribution >= 4 is 11.0 Å². The van der Waals surface area contributed by atoms with Crippen LogP contribution in [0.3, 0.4) is 0 Å². The van der Waals surface area contributed by atoms with Crippen molar-refractivity contribution < 1.29 is 39.1 Å². The predicted octanol–water partition coefficient (Wildman–Crippen LogP) is 2.71. The smallest absolute Gasteiger partial charge is 0.239 e. The number of benzene rings is 2. The van der Waals surface area contributed by atoms with Crippen molar-refractivity contribution in [3.05, 3.63) is 40.6 Å². The third-order valence-corrected chi connectivity index (χ3v) is 5.28. The molecule has 1 saturated heterocycles. The molecule has 0 aliphatic carbocycles. The normalized spacial score (nSPS) is 21.2. The molecule has 0 radical (unpaired) electrons. The molecule has 31 heavy (non-hydrogen) atoms. The van der Waals surface area contributed by atoms with E-state index < -0.39 is 23.6 Å². The zero-order valence-corrected chi connectivity index (χ0v) is 16.9. The van der Waals surface area contributed by atoms with Crippen LogP contribution in [0.25, 0.3) is 22.3 Å². The Morgan fingerprint density at radius 2 is 1.87 bits per heavy atom. The van der Waals surface area contributed by atoms with Crippen molar-refractivity contribution in [2.75, 3.05) is 13.7 Å². The molecule has 1 aromatic heterocycles. The maximum absolute atomic E-state index is 13.3. The first-order valence-corrected chi connectivity index (χ1v) is 9.65. The third kappa shape index (κ3) is 3.85. The van der Waals surface area contributed by atoms with Gasteiger partial charge in [-0.05, 0) is 24.1 Å². The standard InChI is InChI=1S/C22H22O9/c1-10-5-18(29-9-15(10)26)31-22-20(27)19-14(25)7-12(23)8-17(19)30-21(22)11-3-4-13(24)16(6-11)28-2/h3-4,6-8,10,15,18,23-26H,5,9H2,1-2H3/t10-,15+,18-/m0/s1. The highest BCUT2D eigenvalue weighted by Gasteiger charge is 2.31. The summed E-state index contributed by atoms with van der Waals surface area (Å²) in [6, 6.07) is 6.57. The summed E-state index contributed by atoms with van der Waals surface area (Å²) in [5, 5.41) is 39.7. The van der Waals surface area contributed by atoms with Crippen molar-refractivity contribution in [1.82, 2.24) is 0 Å². The minimum absolute atomic E-state index is 0.00294. The van der Waals surface area contributed by atoms with Crippen LogP contribution in [0.1, 0.15) is 13.3 Å². The lowest BCUT2D eigenvalue weighted by Gasteiger charge is -2.31. The average Bonchev–Trinajstić information content (AvgIpc) is 2.72. The number of hydrogen-bond acceptors (Lipinski definition) is 9. The van der Waals surface area contributed by atoms with Gasteiger partial charge >= 0.3 is 0 Å². The molecule has 9 heteroatoms. The molecule has 4 rings (SSSR count). The second-order valence-corrected chi connectivity index (χ2v) is 7.48. The molecular weight excluding hydrogens is 408 g/mol. The molecule has 0 spiro atoms. The summed E-state index contributed by atoms with van der Waals surface area (Å²) in [6.07, 6.45) is -1.13. The minimum Gasteiger partial charge on any atom is -0.508 e. The summed E-state index contributed by atoms with van der Waals surface area (Å²) in [5.74, 6) is -1.03. The Hall–Kier alpha value is -3.43. The van der Waals surface area contributed by atoms with Crippen molar-refractivity contribution in [1.29, 1.82) is 0 Å². The quantitative estimate of drug-likeness (QED) is 0.492. The van der Waals surface area contributed by atoms with Crippen molar-refractivity contribution in [3.63, 3.8) is 0 Å². The first kappa shape index (κ1) is 20.8. The average molecular weight is 430 g/mol. The Bertz CT molecular complexity index is 1180. The topological polar surface area (TPSA) is 139 Å². The zero-order chi connectivity index (χ0) is 22.3. The van der Waals surface area contributed by atoms with Crippen molar-refractivity contribution in [3.8, 4) is 40.1 Å².